The lowest BCUT2D eigenvalue weighted by molar-refractivity contribution is -0.152. The lowest BCUT2D eigenvalue weighted by Crippen LogP contribution is -2.36. The molecule has 14 heteroatoms. The maximum absolute atomic E-state index is 13.1. The summed E-state index contributed by atoms with van der Waals surface area (Å²) in [4.78, 5) is 74.7. The summed E-state index contributed by atoms with van der Waals surface area (Å²) < 4.78 is 23.2. The Bertz CT molecular complexity index is 844. The molecule has 1 aliphatic rings. The average molecular weight is 594 g/mol. The quantitative estimate of drug-likeness (QED) is 0.144. The Hall–Kier alpha value is -2.32. The van der Waals surface area contributed by atoms with Crippen LogP contribution in [-0.4, -0.2) is 89.5 Å². The first-order valence-corrected chi connectivity index (χ1v) is 14.7. The zero-order valence-electron chi connectivity index (χ0n) is 23.0. The van der Waals surface area contributed by atoms with Crippen molar-refractivity contribution in [1.29, 1.82) is 0 Å². The van der Waals surface area contributed by atoms with E-state index in [9.17, 15) is 28.8 Å². The number of Topliss-reactive ketones (excluding diaryl/α,β-unsaturated/α-hetero) is 1. The minimum absolute atomic E-state index is 0.118. The van der Waals surface area contributed by atoms with Crippen LogP contribution in [0.1, 0.15) is 66.2 Å². The number of carbonyl (C=O) groups is 6. The minimum atomic E-state index is -1.28. The summed E-state index contributed by atoms with van der Waals surface area (Å²) >= 11 is 1.25. The molecule has 0 bridgehead atoms. The van der Waals surface area contributed by atoms with Gasteiger partial charge in [0.25, 0.3) is 0 Å². The van der Waals surface area contributed by atoms with Crippen molar-refractivity contribution < 1.29 is 52.5 Å². The fourth-order valence-corrected chi connectivity index (χ4v) is 4.70. The second-order valence-electron chi connectivity index (χ2n) is 9.08. The first kappa shape index (κ1) is 34.7. The average Bonchev–Trinajstić information content (AvgIpc) is 2.90. The third kappa shape index (κ3) is 15.2. The number of piperidine rings is 1. The van der Waals surface area contributed by atoms with Crippen LogP contribution in [0, 0.1) is 5.92 Å². The molecule has 1 saturated heterocycles. The molecule has 0 aromatic heterocycles. The summed E-state index contributed by atoms with van der Waals surface area (Å²) in [6, 6.07) is 0. The maximum atomic E-state index is 13.1. The van der Waals surface area contributed by atoms with Gasteiger partial charge in [-0.15, -0.1) is 0 Å². The van der Waals surface area contributed by atoms with Gasteiger partial charge in [-0.05, 0) is 63.3 Å². The zero-order valence-corrected chi connectivity index (χ0v) is 24.7. The number of rotatable bonds is 16. The number of likely N-dealkylation sites (tertiary alicyclic amines) is 1. The molecule has 1 heterocycles. The Labute approximate surface area is 237 Å². The highest BCUT2D eigenvalue weighted by atomic mass is 32.2. The third-order valence-corrected chi connectivity index (χ3v) is 7.59. The number of hydrogen-bond donors (Lipinski definition) is 0. The van der Waals surface area contributed by atoms with Gasteiger partial charge in [-0.25, -0.2) is 9.59 Å². The van der Waals surface area contributed by atoms with Crippen LogP contribution in [0.2, 0.25) is 0 Å². The van der Waals surface area contributed by atoms with Crippen LogP contribution in [0.3, 0.4) is 0 Å². The molecule has 0 amide bonds. The second-order valence-corrected chi connectivity index (χ2v) is 11.6. The van der Waals surface area contributed by atoms with Crippen molar-refractivity contribution in [3.8, 4) is 0 Å². The molecule has 0 spiro atoms. The van der Waals surface area contributed by atoms with Gasteiger partial charge in [0.05, 0.1) is 10.7 Å². The van der Waals surface area contributed by atoms with Gasteiger partial charge in [-0.1, -0.05) is 20.3 Å². The van der Waals surface area contributed by atoms with Crippen LogP contribution in [0.4, 0.5) is 9.59 Å². The highest BCUT2D eigenvalue weighted by molar-refractivity contribution is 8.15. The Morgan fingerprint density at radius 1 is 0.795 bits per heavy atom. The van der Waals surface area contributed by atoms with Gasteiger partial charge < -0.3 is 23.7 Å². The summed E-state index contributed by atoms with van der Waals surface area (Å²) in [5.41, 5.74) is 0. The number of carbonyl (C=O) groups excluding carboxylic acids is 6. The standard InChI is InChI=1S/C25H39NO11S2/c1-5-20(28)34-16-36-23(31)38-15-18(22(30)33-13-12-26-10-8-7-9-11-26)14-19(27)25(3,4)39-24(32)37-17-35-21(29)6-2/h18H,5-17H2,1-4H3/t18-/m0/s1. The number of esters is 3. The molecule has 0 aromatic carbocycles. The van der Waals surface area contributed by atoms with Gasteiger partial charge in [0.2, 0.25) is 13.6 Å². The molecule has 0 N–H and O–H groups in total. The van der Waals surface area contributed by atoms with Crippen molar-refractivity contribution >= 4 is 57.8 Å². The Morgan fingerprint density at radius 3 is 1.92 bits per heavy atom. The van der Waals surface area contributed by atoms with E-state index in [0.717, 1.165) is 25.9 Å². The smallest absolute Gasteiger partial charge is 0.371 e. The molecule has 0 saturated carbocycles. The predicted molar refractivity (Wildman–Crippen MR) is 144 cm³/mol. The number of hydrogen-bond acceptors (Lipinski definition) is 14. The molecule has 0 aromatic rings. The summed E-state index contributed by atoms with van der Waals surface area (Å²) in [5, 5.41) is -1.60. The van der Waals surface area contributed by atoms with Crippen LogP contribution in [-0.2, 0) is 42.9 Å². The fraction of sp³-hybridized carbons (Fsp3) is 0.760. The maximum Gasteiger partial charge on any atom is 0.371 e. The van der Waals surface area contributed by atoms with Crippen LogP contribution in [0.25, 0.3) is 0 Å². The third-order valence-electron chi connectivity index (χ3n) is 5.65. The van der Waals surface area contributed by atoms with E-state index in [1.165, 1.54) is 20.3 Å². The minimum Gasteiger partial charge on any atom is -0.464 e. The van der Waals surface area contributed by atoms with Crippen molar-refractivity contribution in [3.63, 3.8) is 0 Å². The summed E-state index contributed by atoms with van der Waals surface area (Å²) in [7, 11) is 0. The zero-order chi connectivity index (χ0) is 29.3. The Balaban J connectivity index is 2.70. The van der Waals surface area contributed by atoms with Crippen molar-refractivity contribution in [1.82, 2.24) is 4.90 Å². The first-order chi connectivity index (χ1) is 18.5. The molecule has 1 aliphatic heterocycles. The SMILES string of the molecule is CCC(=O)OCOC(=O)SC[C@H](CC(=O)C(C)(C)SC(=O)OCOC(=O)CC)C(=O)OCCN1CCCCC1. The van der Waals surface area contributed by atoms with E-state index in [0.29, 0.717) is 30.1 Å². The number of ether oxygens (including phenoxy) is 5. The van der Waals surface area contributed by atoms with E-state index >= 15 is 0 Å². The Kier molecular flexibility index (Phi) is 16.8. The number of thioether (sulfide) groups is 2. The van der Waals surface area contributed by atoms with E-state index in [1.807, 2.05) is 0 Å². The molecule has 39 heavy (non-hydrogen) atoms. The summed E-state index contributed by atoms with van der Waals surface area (Å²) in [6.07, 6.45) is 3.31. The highest BCUT2D eigenvalue weighted by Crippen LogP contribution is 2.31. The van der Waals surface area contributed by atoms with Crippen molar-refractivity contribution in [2.24, 2.45) is 5.92 Å². The number of ketones is 1. The Morgan fingerprint density at radius 2 is 1.36 bits per heavy atom. The van der Waals surface area contributed by atoms with Gasteiger partial charge in [0.15, 0.2) is 0 Å². The second kappa shape index (κ2) is 18.9. The number of nitrogens with zero attached hydrogens (tertiary/aromatic N) is 1. The van der Waals surface area contributed by atoms with Crippen LogP contribution in [0.5, 0.6) is 0 Å². The molecular weight excluding hydrogens is 554 g/mol. The van der Waals surface area contributed by atoms with Gasteiger partial charge in [-0.2, -0.15) is 0 Å². The molecular formula is C25H39NO11S2. The van der Waals surface area contributed by atoms with Gasteiger partial charge in [0.1, 0.15) is 12.4 Å². The molecule has 222 valence electrons. The van der Waals surface area contributed by atoms with E-state index in [-0.39, 0.29) is 31.6 Å². The van der Waals surface area contributed by atoms with E-state index in [1.54, 1.807) is 13.8 Å². The van der Waals surface area contributed by atoms with Gasteiger partial charge in [-0.3, -0.25) is 24.1 Å². The molecule has 0 aliphatic carbocycles. The molecule has 12 nitrogen and oxygen atoms in total. The van der Waals surface area contributed by atoms with Crippen molar-refractivity contribution in [3.05, 3.63) is 0 Å². The molecule has 1 atom stereocenters. The van der Waals surface area contributed by atoms with Crippen molar-refractivity contribution in [2.45, 2.75) is 71.0 Å². The predicted octanol–water partition coefficient (Wildman–Crippen LogP) is 3.93. The van der Waals surface area contributed by atoms with E-state index in [2.05, 4.69) is 4.90 Å². The molecule has 1 rings (SSSR count). The lowest BCUT2D eigenvalue weighted by Gasteiger charge is -2.26. The largest absolute Gasteiger partial charge is 0.464 e. The normalized spacial score (nSPS) is 14.6. The fourth-order valence-electron chi connectivity index (χ4n) is 3.25. The van der Waals surface area contributed by atoms with Crippen LogP contribution >= 0.6 is 23.5 Å². The monoisotopic (exact) mass is 593 g/mol. The molecule has 0 radical (unpaired) electrons. The highest BCUT2D eigenvalue weighted by Gasteiger charge is 2.36. The molecule has 1 fully saturated rings. The lowest BCUT2D eigenvalue weighted by atomic mass is 9.97. The van der Waals surface area contributed by atoms with Gasteiger partial charge in [0, 0.05) is 31.6 Å². The van der Waals surface area contributed by atoms with Crippen LogP contribution in [0.15, 0.2) is 0 Å². The van der Waals surface area contributed by atoms with E-state index in [4.69, 9.17) is 23.7 Å². The topological polar surface area (TPSA) is 152 Å². The van der Waals surface area contributed by atoms with Gasteiger partial charge >= 0.3 is 28.5 Å². The van der Waals surface area contributed by atoms with Crippen LogP contribution < -0.4 is 0 Å². The molecule has 0 unspecified atom stereocenters. The summed E-state index contributed by atoms with van der Waals surface area (Å²) in [5.74, 6) is -3.27. The summed E-state index contributed by atoms with van der Waals surface area (Å²) in [6.45, 7) is 7.65. The van der Waals surface area contributed by atoms with Crippen molar-refractivity contribution in [2.75, 3.05) is 45.6 Å². The first-order valence-electron chi connectivity index (χ1n) is 12.9. The van der Waals surface area contributed by atoms with E-state index < -0.39 is 58.5 Å².